The highest BCUT2D eigenvalue weighted by atomic mass is 15.0. The van der Waals surface area contributed by atoms with E-state index in [2.05, 4.69) is 70.1 Å². The van der Waals surface area contributed by atoms with Gasteiger partial charge in [0.1, 0.15) is 5.65 Å². The monoisotopic (exact) mass is 331 g/mol. The van der Waals surface area contributed by atoms with Crippen molar-refractivity contribution in [3.63, 3.8) is 0 Å². The highest BCUT2D eigenvalue weighted by molar-refractivity contribution is 5.41. The minimum atomic E-state index is 0.231. The van der Waals surface area contributed by atoms with Crippen LogP contribution in [0.4, 0.5) is 0 Å². The lowest BCUT2D eigenvalue weighted by Crippen LogP contribution is -2.18. The summed E-state index contributed by atoms with van der Waals surface area (Å²) in [5.41, 5.74) is 5.59. The number of hydrogen-bond donors (Lipinski definition) is 1. The molecule has 1 atom stereocenters. The van der Waals surface area contributed by atoms with Gasteiger partial charge in [-0.3, -0.25) is 0 Å². The maximum atomic E-state index is 4.69. The van der Waals surface area contributed by atoms with Gasteiger partial charge >= 0.3 is 0 Å². The summed E-state index contributed by atoms with van der Waals surface area (Å²) in [5.74, 6) is 0. The van der Waals surface area contributed by atoms with Crippen molar-refractivity contribution in [3.05, 3.63) is 84.3 Å². The van der Waals surface area contributed by atoms with Crippen LogP contribution in [0.1, 0.15) is 29.9 Å². The molecule has 4 aromatic rings. The number of pyridine rings is 1. The van der Waals surface area contributed by atoms with Crippen LogP contribution in [0.5, 0.6) is 0 Å². The first-order chi connectivity index (χ1) is 12.2. The molecule has 5 nitrogen and oxygen atoms in total. The fourth-order valence-electron chi connectivity index (χ4n) is 3.03. The molecule has 0 radical (unpaired) electrons. The van der Waals surface area contributed by atoms with E-state index >= 15 is 0 Å². The van der Waals surface area contributed by atoms with Crippen LogP contribution in [0.2, 0.25) is 0 Å². The largest absolute Gasteiger partial charge is 0.306 e. The van der Waals surface area contributed by atoms with Crippen molar-refractivity contribution in [2.24, 2.45) is 0 Å². The highest BCUT2D eigenvalue weighted by Crippen LogP contribution is 2.17. The fourth-order valence-corrected chi connectivity index (χ4v) is 3.03. The summed E-state index contributed by atoms with van der Waals surface area (Å²) >= 11 is 0. The minimum Gasteiger partial charge on any atom is -0.306 e. The lowest BCUT2D eigenvalue weighted by atomic mass is 10.1. The summed E-state index contributed by atoms with van der Waals surface area (Å²) in [6, 6.07) is 14.9. The first-order valence-electron chi connectivity index (χ1n) is 8.46. The molecule has 3 aromatic heterocycles. The fraction of sp³-hybridized carbons (Fsp3) is 0.200. The number of hydrogen-bond acceptors (Lipinski definition) is 3. The molecule has 25 heavy (non-hydrogen) atoms. The van der Waals surface area contributed by atoms with Gasteiger partial charge in [0.25, 0.3) is 0 Å². The van der Waals surface area contributed by atoms with Crippen LogP contribution in [0.15, 0.2) is 67.4 Å². The van der Waals surface area contributed by atoms with Crippen LogP contribution in [-0.2, 0) is 6.54 Å². The molecule has 0 spiro atoms. The minimum absolute atomic E-state index is 0.231. The third-order valence-corrected chi connectivity index (χ3v) is 4.51. The second kappa shape index (κ2) is 6.53. The Balaban J connectivity index is 1.49. The normalized spacial score (nSPS) is 12.6. The van der Waals surface area contributed by atoms with Gasteiger partial charge in [0, 0.05) is 42.6 Å². The number of nitrogens with one attached hydrogen (secondary N) is 1. The van der Waals surface area contributed by atoms with Gasteiger partial charge in [0.2, 0.25) is 0 Å². The van der Waals surface area contributed by atoms with Gasteiger partial charge in [-0.2, -0.15) is 0 Å². The van der Waals surface area contributed by atoms with Crippen molar-refractivity contribution in [2.75, 3.05) is 0 Å². The smallest absolute Gasteiger partial charge is 0.137 e. The van der Waals surface area contributed by atoms with E-state index in [0.717, 1.165) is 23.6 Å². The number of fused-ring (bicyclic) bond motifs is 1. The molecule has 3 heterocycles. The van der Waals surface area contributed by atoms with E-state index in [9.17, 15) is 0 Å². The average Bonchev–Trinajstić information content (AvgIpc) is 3.30. The summed E-state index contributed by atoms with van der Waals surface area (Å²) in [6.45, 7) is 5.00. The van der Waals surface area contributed by atoms with Crippen molar-refractivity contribution >= 4 is 5.65 Å². The average molecular weight is 331 g/mol. The molecule has 126 valence electrons. The van der Waals surface area contributed by atoms with Gasteiger partial charge in [-0.1, -0.05) is 18.2 Å². The van der Waals surface area contributed by atoms with Gasteiger partial charge < -0.3 is 14.3 Å². The number of imidazole rings is 2. The molecule has 0 fully saturated rings. The van der Waals surface area contributed by atoms with E-state index in [1.165, 1.54) is 11.3 Å². The molecule has 5 heteroatoms. The van der Waals surface area contributed by atoms with Crippen LogP contribution in [-0.4, -0.2) is 18.9 Å². The summed E-state index contributed by atoms with van der Waals surface area (Å²) in [4.78, 5) is 8.80. The van der Waals surface area contributed by atoms with E-state index in [-0.39, 0.29) is 6.04 Å². The lowest BCUT2D eigenvalue weighted by Gasteiger charge is -2.14. The number of rotatable bonds is 5. The third kappa shape index (κ3) is 3.19. The van der Waals surface area contributed by atoms with Gasteiger partial charge in [0.05, 0.1) is 12.0 Å². The van der Waals surface area contributed by atoms with Crippen molar-refractivity contribution in [2.45, 2.75) is 26.4 Å². The quantitative estimate of drug-likeness (QED) is 0.607. The van der Waals surface area contributed by atoms with Crippen LogP contribution in [0.3, 0.4) is 0 Å². The maximum Gasteiger partial charge on any atom is 0.137 e. The van der Waals surface area contributed by atoms with Crippen molar-refractivity contribution in [1.29, 1.82) is 0 Å². The van der Waals surface area contributed by atoms with E-state index in [1.54, 1.807) is 6.20 Å². The molecule has 0 aliphatic carbocycles. The summed E-state index contributed by atoms with van der Waals surface area (Å²) in [5, 5.41) is 3.57. The lowest BCUT2D eigenvalue weighted by molar-refractivity contribution is 0.569. The molecule has 0 amide bonds. The second-order valence-corrected chi connectivity index (χ2v) is 6.30. The Morgan fingerprint density at radius 3 is 2.84 bits per heavy atom. The van der Waals surface area contributed by atoms with Crippen molar-refractivity contribution in [3.8, 4) is 5.69 Å². The molecular formula is C20H21N5. The molecule has 0 aliphatic rings. The van der Waals surface area contributed by atoms with E-state index in [4.69, 9.17) is 0 Å². The molecule has 1 N–H and O–H groups in total. The first-order valence-corrected chi connectivity index (χ1v) is 8.46. The zero-order valence-electron chi connectivity index (χ0n) is 14.4. The molecule has 1 aromatic carbocycles. The van der Waals surface area contributed by atoms with Gasteiger partial charge in [-0.05, 0) is 43.7 Å². The number of aromatic nitrogens is 4. The molecule has 0 bridgehead atoms. The Morgan fingerprint density at radius 2 is 2.04 bits per heavy atom. The molecule has 0 aliphatic heterocycles. The van der Waals surface area contributed by atoms with E-state index in [0.29, 0.717) is 0 Å². The Labute approximate surface area is 147 Å². The Bertz CT molecular complexity index is 984. The molecule has 0 saturated carbocycles. The number of aryl methyl sites for hydroxylation is 1. The van der Waals surface area contributed by atoms with E-state index < -0.39 is 0 Å². The van der Waals surface area contributed by atoms with Crippen molar-refractivity contribution < 1.29 is 0 Å². The summed E-state index contributed by atoms with van der Waals surface area (Å²) in [6.07, 6.45) is 7.67. The number of nitrogens with zero attached hydrogens (tertiary/aromatic N) is 4. The van der Waals surface area contributed by atoms with Gasteiger partial charge in [-0.25, -0.2) is 9.97 Å². The van der Waals surface area contributed by atoms with Gasteiger partial charge in [-0.15, -0.1) is 0 Å². The zero-order chi connectivity index (χ0) is 17.2. The molecule has 4 rings (SSSR count). The third-order valence-electron chi connectivity index (χ3n) is 4.51. The predicted molar refractivity (Wildman–Crippen MR) is 98.7 cm³/mol. The second-order valence-electron chi connectivity index (χ2n) is 6.30. The number of benzene rings is 1. The summed E-state index contributed by atoms with van der Waals surface area (Å²) < 4.78 is 4.14. The Hall–Kier alpha value is -2.92. The van der Waals surface area contributed by atoms with Crippen LogP contribution in [0, 0.1) is 6.92 Å². The molecule has 0 unspecified atom stereocenters. The first kappa shape index (κ1) is 15.6. The van der Waals surface area contributed by atoms with Crippen molar-refractivity contribution in [1.82, 2.24) is 24.3 Å². The summed E-state index contributed by atoms with van der Waals surface area (Å²) in [7, 11) is 0. The van der Waals surface area contributed by atoms with Crippen LogP contribution >= 0.6 is 0 Å². The van der Waals surface area contributed by atoms with Gasteiger partial charge in [0.15, 0.2) is 0 Å². The Kier molecular flexibility index (Phi) is 4.07. The topological polar surface area (TPSA) is 47.2 Å². The van der Waals surface area contributed by atoms with Crippen LogP contribution in [0.25, 0.3) is 11.3 Å². The SMILES string of the molecule is Cc1cccc2nc(CN[C@@H](C)c3cccc(-n4ccnc4)c3)cn12. The van der Waals surface area contributed by atoms with Crippen LogP contribution < -0.4 is 5.32 Å². The highest BCUT2D eigenvalue weighted by Gasteiger charge is 2.08. The maximum absolute atomic E-state index is 4.69. The Morgan fingerprint density at radius 1 is 1.16 bits per heavy atom. The standard InChI is InChI=1S/C20H21N5/c1-15-5-3-8-20-23-18(13-25(15)20)12-22-16(2)17-6-4-7-19(11-17)24-10-9-21-14-24/h3-11,13-14,16,22H,12H2,1-2H3/t16-/m0/s1. The molecule has 0 saturated heterocycles. The predicted octanol–water partition coefficient (Wildman–Crippen LogP) is 3.68. The zero-order valence-corrected chi connectivity index (χ0v) is 14.4. The van der Waals surface area contributed by atoms with E-state index in [1.807, 2.05) is 29.2 Å². The molecular weight excluding hydrogens is 310 g/mol.